The Balaban J connectivity index is 1.34. The Kier molecular flexibility index (Phi) is 6.03. The van der Waals surface area contributed by atoms with Crippen LogP contribution in [-0.2, 0) is 16.4 Å². The summed E-state index contributed by atoms with van der Waals surface area (Å²) in [7, 11) is -3.25. The molecule has 0 radical (unpaired) electrons. The number of sulfone groups is 1. The van der Waals surface area contributed by atoms with Crippen LogP contribution in [0.1, 0.15) is 12.5 Å². The van der Waals surface area contributed by atoms with E-state index in [0.717, 1.165) is 48.5 Å². The molecule has 35 heavy (non-hydrogen) atoms. The fourth-order valence-corrected chi connectivity index (χ4v) is 5.22. The largest absolute Gasteiger partial charge is 0.367 e. The van der Waals surface area contributed by atoms with Crippen LogP contribution in [0.25, 0.3) is 22.4 Å². The van der Waals surface area contributed by atoms with Crippen molar-refractivity contribution in [3.8, 4) is 11.4 Å². The summed E-state index contributed by atoms with van der Waals surface area (Å²) in [5, 5.41) is 0. The highest BCUT2D eigenvalue weighted by Gasteiger charge is 2.21. The minimum Gasteiger partial charge on any atom is -0.367 e. The molecule has 0 aliphatic carbocycles. The van der Waals surface area contributed by atoms with Gasteiger partial charge in [0.2, 0.25) is 0 Å². The third-order valence-corrected chi connectivity index (χ3v) is 8.11. The maximum atomic E-state index is 12.1. The monoisotopic (exact) mass is 494 g/mol. The van der Waals surface area contributed by atoms with Gasteiger partial charge in [-0.15, -0.1) is 0 Å². The summed E-state index contributed by atoms with van der Waals surface area (Å²) in [4.78, 5) is 41.0. The second-order valence-electron chi connectivity index (χ2n) is 8.55. The number of benzene rings is 2. The van der Waals surface area contributed by atoms with E-state index < -0.39 is 15.5 Å². The van der Waals surface area contributed by atoms with Gasteiger partial charge in [-0.25, -0.2) is 18.2 Å². The number of rotatable bonds is 6. The summed E-state index contributed by atoms with van der Waals surface area (Å²) < 4.78 is 24.2. The smallest absolute Gasteiger partial charge is 0.325 e. The van der Waals surface area contributed by atoms with Gasteiger partial charge in [0.15, 0.2) is 9.84 Å². The van der Waals surface area contributed by atoms with Crippen molar-refractivity contribution < 1.29 is 8.42 Å². The first kappa shape index (κ1) is 23.1. The molecule has 0 amide bonds. The number of aromatic amines is 3. The molecule has 1 saturated heterocycles. The Bertz CT molecular complexity index is 1580. The number of nitrogens with one attached hydrogen (secondary N) is 3. The molecule has 2 aromatic carbocycles. The zero-order chi connectivity index (χ0) is 24.6. The van der Waals surface area contributed by atoms with Crippen LogP contribution in [0.3, 0.4) is 0 Å². The number of nitrogens with zero attached hydrogens (tertiary/aromatic N) is 3. The lowest BCUT2D eigenvalue weighted by Crippen LogP contribution is -2.46. The Labute approximate surface area is 201 Å². The Morgan fingerprint density at radius 2 is 1.71 bits per heavy atom. The number of fused-ring (bicyclic) bond motifs is 1. The minimum atomic E-state index is -3.25. The lowest BCUT2D eigenvalue weighted by Gasteiger charge is -2.36. The zero-order valence-electron chi connectivity index (χ0n) is 19.2. The van der Waals surface area contributed by atoms with E-state index in [-0.39, 0.29) is 11.3 Å². The highest BCUT2D eigenvalue weighted by atomic mass is 32.2. The van der Waals surface area contributed by atoms with E-state index in [4.69, 9.17) is 4.98 Å². The number of aromatic nitrogens is 4. The summed E-state index contributed by atoms with van der Waals surface area (Å²) in [5.41, 5.74) is 3.29. The summed E-state index contributed by atoms with van der Waals surface area (Å²) >= 11 is 0. The van der Waals surface area contributed by atoms with Gasteiger partial charge in [0, 0.05) is 50.0 Å². The number of piperazine rings is 1. The van der Waals surface area contributed by atoms with Gasteiger partial charge in [-0.3, -0.25) is 14.7 Å². The van der Waals surface area contributed by atoms with Crippen molar-refractivity contribution in [2.45, 2.75) is 18.4 Å². The lowest BCUT2D eigenvalue weighted by atomic mass is 10.2. The fraction of sp³-hybridized carbons (Fsp3) is 0.292. The fourth-order valence-electron chi connectivity index (χ4n) is 4.34. The molecule has 0 atom stereocenters. The van der Waals surface area contributed by atoms with Gasteiger partial charge >= 0.3 is 5.69 Å². The van der Waals surface area contributed by atoms with Crippen molar-refractivity contribution in [1.29, 1.82) is 0 Å². The van der Waals surface area contributed by atoms with Gasteiger partial charge in [-0.2, -0.15) is 0 Å². The summed E-state index contributed by atoms with van der Waals surface area (Å²) in [6, 6.07) is 12.8. The van der Waals surface area contributed by atoms with Crippen molar-refractivity contribution in [1.82, 2.24) is 24.8 Å². The number of H-pyrrole nitrogens is 3. The lowest BCUT2D eigenvalue weighted by molar-refractivity contribution is 0.248. The zero-order valence-corrected chi connectivity index (χ0v) is 20.1. The molecule has 3 N–H and O–H groups in total. The van der Waals surface area contributed by atoms with Gasteiger partial charge < -0.3 is 14.9 Å². The molecule has 0 unspecified atom stereocenters. The summed E-state index contributed by atoms with van der Waals surface area (Å²) in [5.74, 6) is 0.749. The van der Waals surface area contributed by atoms with E-state index in [1.165, 1.54) is 6.20 Å². The van der Waals surface area contributed by atoms with Gasteiger partial charge in [-0.05, 0) is 36.4 Å². The van der Waals surface area contributed by atoms with E-state index in [9.17, 15) is 18.0 Å². The molecule has 4 aromatic rings. The standard InChI is InChI=1S/C24H26N6O4S/c1-2-35(33,34)18-8-6-16(7-9-18)22-26-19-4-3-5-20(21(19)27-22)30-12-10-29(11-13-30)15-17-14-25-24(32)28-23(17)31/h3-9,14H,2,10-13,15H2,1H3,(H,26,27)(H2,25,28,31,32). The molecule has 1 aliphatic heterocycles. The van der Waals surface area contributed by atoms with Crippen molar-refractivity contribution in [3.05, 3.63) is 75.1 Å². The average molecular weight is 495 g/mol. The molecule has 1 aliphatic rings. The highest BCUT2D eigenvalue weighted by molar-refractivity contribution is 7.91. The van der Waals surface area contributed by atoms with Gasteiger partial charge in [0.05, 0.1) is 21.9 Å². The van der Waals surface area contributed by atoms with E-state index in [1.54, 1.807) is 31.2 Å². The van der Waals surface area contributed by atoms with Crippen LogP contribution < -0.4 is 16.1 Å². The van der Waals surface area contributed by atoms with Gasteiger partial charge in [0.25, 0.3) is 5.56 Å². The molecule has 5 rings (SSSR count). The van der Waals surface area contributed by atoms with Crippen LogP contribution in [0.2, 0.25) is 0 Å². The van der Waals surface area contributed by atoms with Crippen LogP contribution in [0.4, 0.5) is 5.69 Å². The average Bonchev–Trinajstić information content (AvgIpc) is 3.31. The molecule has 2 aromatic heterocycles. The second-order valence-corrected chi connectivity index (χ2v) is 10.8. The molecule has 10 nitrogen and oxygen atoms in total. The van der Waals surface area contributed by atoms with Gasteiger partial charge in [-0.1, -0.05) is 13.0 Å². The first-order valence-electron chi connectivity index (χ1n) is 11.4. The topological polar surface area (TPSA) is 135 Å². The maximum Gasteiger partial charge on any atom is 0.325 e. The molecular formula is C24H26N6O4S. The molecule has 0 saturated carbocycles. The summed E-state index contributed by atoms with van der Waals surface area (Å²) in [6.07, 6.45) is 1.48. The molecule has 1 fully saturated rings. The van der Waals surface area contributed by atoms with E-state index >= 15 is 0 Å². The third kappa shape index (κ3) is 4.64. The number of imidazole rings is 1. The predicted octanol–water partition coefficient (Wildman–Crippen LogP) is 1.72. The number of para-hydroxylation sites is 1. The maximum absolute atomic E-state index is 12.1. The minimum absolute atomic E-state index is 0.0645. The van der Waals surface area contributed by atoms with E-state index in [2.05, 4.69) is 24.8 Å². The first-order chi connectivity index (χ1) is 16.8. The Morgan fingerprint density at radius 3 is 2.40 bits per heavy atom. The van der Waals surface area contributed by atoms with Crippen LogP contribution >= 0.6 is 0 Å². The molecule has 182 valence electrons. The quantitative estimate of drug-likeness (QED) is 0.371. The molecule has 0 spiro atoms. The number of hydrogen-bond acceptors (Lipinski definition) is 7. The van der Waals surface area contributed by atoms with E-state index in [0.29, 0.717) is 22.8 Å². The van der Waals surface area contributed by atoms with Crippen LogP contribution in [0, 0.1) is 0 Å². The Morgan fingerprint density at radius 1 is 0.971 bits per heavy atom. The van der Waals surface area contributed by atoms with E-state index in [1.807, 2.05) is 18.2 Å². The van der Waals surface area contributed by atoms with Crippen LogP contribution in [0.15, 0.2) is 63.1 Å². The molecule has 11 heteroatoms. The SMILES string of the molecule is CCS(=O)(=O)c1ccc(-c2nc3c(N4CCN(Cc5c[nH]c(=O)[nH]c5=O)CC4)cccc3[nH]2)cc1. The van der Waals surface area contributed by atoms with Crippen LogP contribution in [0.5, 0.6) is 0 Å². The highest BCUT2D eigenvalue weighted by Crippen LogP contribution is 2.29. The first-order valence-corrected chi connectivity index (χ1v) is 13.1. The van der Waals surface area contributed by atoms with Crippen molar-refractivity contribution in [2.24, 2.45) is 0 Å². The number of anilines is 1. The Hall–Kier alpha value is -3.70. The van der Waals surface area contributed by atoms with Crippen molar-refractivity contribution in [2.75, 3.05) is 36.8 Å². The normalized spacial score (nSPS) is 15.1. The van der Waals surface area contributed by atoms with Crippen molar-refractivity contribution in [3.63, 3.8) is 0 Å². The summed E-state index contributed by atoms with van der Waals surface area (Å²) in [6.45, 7) is 5.17. The molecule has 0 bridgehead atoms. The molecule has 3 heterocycles. The third-order valence-electron chi connectivity index (χ3n) is 6.36. The molecular weight excluding hydrogens is 468 g/mol. The predicted molar refractivity (Wildman–Crippen MR) is 134 cm³/mol. The van der Waals surface area contributed by atoms with Crippen LogP contribution in [-0.4, -0.2) is 65.2 Å². The second kappa shape index (κ2) is 9.16. The van der Waals surface area contributed by atoms with Gasteiger partial charge in [0.1, 0.15) is 11.3 Å². The number of hydrogen-bond donors (Lipinski definition) is 3. The van der Waals surface area contributed by atoms with Crippen molar-refractivity contribution >= 4 is 26.6 Å².